The van der Waals surface area contributed by atoms with Crippen LogP contribution in [0.2, 0.25) is 0 Å². The van der Waals surface area contributed by atoms with Crippen molar-refractivity contribution in [1.82, 2.24) is 0 Å². The maximum Gasteiger partial charge on any atom is 0.0618 e. The van der Waals surface area contributed by atoms with Crippen LogP contribution in [0.5, 0.6) is 0 Å². The average Bonchev–Trinajstić information content (AvgIpc) is 2.38. The molecule has 0 radical (unpaired) electrons. The minimum Gasteiger partial charge on any atom is -0.143 e. The molecule has 1 fully saturated rings. The van der Waals surface area contributed by atoms with Crippen LogP contribution in [0.15, 0.2) is 11.5 Å². The quantitative estimate of drug-likeness (QED) is 0.694. The van der Waals surface area contributed by atoms with Gasteiger partial charge in [-0.2, -0.15) is 0 Å². The summed E-state index contributed by atoms with van der Waals surface area (Å²) in [6, 6.07) is 0. The van der Waals surface area contributed by atoms with Gasteiger partial charge in [-0.25, -0.2) is 0 Å². The molecule has 0 unspecified atom stereocenters. The van der Waals surface area contributed by atoms with E-state index < -0.39 is 0 Å². The zero-order valence-electron chi connectivity index (χ0n) is 7.00. The van der Waals surface area contributed by atoms with Crippen LogP contribution in [0.25, 0.3) is 0 Å². The Hall–Kier alpha value is 0.790. The van der Waals surface area contributed by atoms with Gasteiger partial charge >= 0.3 is 0 Å². The van der Waals surface area contributed by atoms with Crippen LogP contribution >= 0.6 is 35.3 Å². The summed E-state index contributed by atoms with van der Waals surface area (Å²) < 4.78 is 0.478. The van der Waals surface area contributed by atoms with Crippen LogP contribution in [0, 0.1) is 0 Å². The predicted octanol–water partition coefficient (Wildman–Crippen LogP) is 3.45. The summed E-state index contributed by atoms with van der Waals surface area (Å²) in [5, 5.41) is 2.19. The zero-order chi connectivity index (χ0) is 8.16. The standard InChI is InChI=1S/C8H14S3/c1-8(4-3-5-9-2)10-6-7-11-8/h3,5H,4,6-7H2,1-2H3. The molecule has 64 valence electrons. The van der Waals surface area contributed by atoms with Gasteiger partial charge in [0.2, 0.25) is 0 Å². The van der Waals surface area contributed by atoms with Crippen molar-refractivity contribution in [3.8, 4) is 0 Å². The molecule has 0 saturated carbocycles. The normalized spacial score (nSPS) is 23.1. The van der Waals surface area contributed by atoms with Crippen molar-refractivity contribution in [3.05, 3.63) is 11.5 Å². The Bertz CT molecular complexity index is 136. The van der Waals surface area contributed by atoms with E-state index in [4.69, 9.17) is 0 Å². The van der Waals surface area contributed by atoms with Crippen LogP contribution in [0.4, 0.5) is 0 Å². The maximum atomic E-state index is 2.35. The van der Waals surface area contributed by atoms with Crippen molar-refractivity contribution in [2.24, 2.45) is 0 Å². The molecule has 0 nitrogen and oxygen atoms in total. The molecule has 0 aromatic rings. The topological polar surface area (TPSA) is 0 Å². The number of rotatable bonds is 3. The summed E-state index contributed by atoms with van der Waals surface area (Å²) in [7, 11) is 0. The highest BCUT2D eigenvalue weighted by Gasteiger charge is 2.28. The third-order valence-corrected chi connectivity index (χ3v) is 5.42. The fourth-order valence-electron chi connectivity index (χ4n) is 1.03. The zero-order valence-corrected chi connectivity index (χ0v) is 9.45. The average molecular weight is 206 g/mol. The first kappa shape index (κ1) is 9.87. The molecule has 1 aliphatic rings. The van der Waals surface area contributed by atoms with Gasteiger partial charge in [0.1, 0.15) is 0 Å². The van der Waals surface area contributed by atoms with E-state index >= 15 is 0 Å². The second-order valence-corrected chi connectivity index (χ2v) is 6.84. The molecule has 0 N–H and O–H groups in total. The molecule has 3 heteroatoms. The highest BCUT2D eigenvalue weighted by molar-refractivity contribution is 8.21. The van der Waals surface area contributed by atoms with E-state index in [0.717, 1.165) is 0 Å². The van der Waals surface area contributed by atoms with Gasteiger partial charge in [-0.1, -0.05) is 6.08 Å². The van der Waals surface area contributed by atoms with Gasteiger partial charge in [-0.15, -0.1) is 35.3 Å². The lowest BCUT2D eigenvalue weighted by Crippen LogP contribution is -2.08. The lowest BCUT2D eigenvalue weighted by molar-refractivity contribution is 0.923. The minimum atomic E-state index is 0.478. The Kier molecular flexibility index (Phi) is 4.24. The number of hydrogen-bond donors (Lipinski definition) is 0. The van der Waals surface area contributed by atoms with Gasteiger partial charge in [-0.3, -0.25) is 0 Å². The fourth-order valence-corrected chi connectivity index (χ4v) is 4.11. The smallest absolute Gasteiger partial charge is 0.0618 e. The summed E-state index contributed by atoms with van der Waals surface area (Å²) in [5.74, 6) is 2.66. The SMILES string of the molecule is CSC=CCC1(C)SCCS1. The lowest BCUT2D eigenvalue weighted by atomic mass is 10.3. The van der Waals surface area contributed by atoms with E-state index in [9.17, 15) is 0 Å². The summed E-state index contributed by atoms with van der Waals surface area (Å²) in [6.45, 7) is 2.35. The van der Waals surface area contributed by atoms with Gasteiger partial charge in [0, 0.05) is 11.5 Å². The molecular weight excluding hydrogens is 192 g/mol. The largest absolute Gasteiger partial charge is 0.143 e. The number of thioether (sulfide) groups is 3. The molecule has 11 heavy (non-hydrogen) atoms. The van der Waals surface area contributed by atoms with E-state index in [2.05, 4.69) is 48.2 Å². The molecule has 0 atom stereocenters. The highest BCUT2D eigenvalue weighted by Crippen LogP contribution is 2.46. The minimum absolute atomic E-state index is 0.478. The molecule has 1 heterocycles. The summed E-state index contributed by atoms with van der Waals surface area (Å²) >= 11 is 5.98. The summed E-state index contributed by atoms with van der Waals surface area (Å²) in [6.07, 6.45) is 5.60. The van der Waals surface area contributed by atoms with E-state index in [1.807, 2.05) is 0 Å². The first-order chi connectivity index (χ1) is 5.27. The Morgan fingerprint density at radius 2 is 2.09 bits per heavy atom. The van der Waals surface area contributed by atoms with Crippen LogP contribution in [0.1, 0.15) is 13.3 Å². The molecule has 1 saturated heterocycles. The molecule has 0 bridgehead atoms. The summed E-state index contributed by atoms with van der Waals surface area (Å²) in [5.41, 5.74) is 0. The van der Waals surface area contributed by atoms with Gasteiger partial charge in [0.15, 0.2) is 0 Å². The Labute approximate surface area is 82.0 Å². The number of hydrogen-bond acceptors (Lipinski definition) is 3. The fraction of sp³-hybridized carbons (Fsp3) is 0.750. The van der Waals surface area contributed by atoms with Crippen molar-refractivity contribution < 1.29 is 0 Å². The third-order valence-electron chi connectivity index (χ3n) is 1.62. The second-order valence-electron chi connectivity index (χ2n) is 2.64. The molecule has 1 rings (SSSR count). The van der Waals surface area contributed by atoms with Gasteiger partial charge in [-0.05, 0) is 25.0 Å². The van der Waals surface area contributed by atoms with Crippen LogP contribution in [-0.4, -0.2) is 21.8 Å². The van der Waals surface area contributed by atoms with E-state index in [-0.39, 0.29) is 0 Å². The first-order valence-electron chi connectivity index (χ1n) is 3.72. The van der Waals surface area contributed by atoms with Gasteiger partial charge in [0.25, 0.3) is 0 Å². The van der Waals surface area contributed by atoms with Crippen LogP contribution in [-0.2, 0) is 0 Å². The first-order valence-corrected chi connectivity index (χ1v) is 6.98. The lowest BCUT2D eigenvalue weighted by Gasteiger charge is -2.18. The van der Waals surface area contributed by atoms with Crippen molar-refractivity contribution in [2.45, 2.75) is 17.4 Å². The van der Waals surface area contributed by atoms with Gasteiger partial charge in [0.05, 0.1) is 4.08 Å². The Morgan fingerprint density at radius 3 is 2.64 bits per heavy atom. The molecule has 0 amide bonds. The van der Waals surface area contributed by atoms with E-state index in [1.54, 1.807) is 11.8 Å². The second kappa shape index (κ2) is 4.73. The monoisotopic (exact) mass is 206 g/mol. The Balaban J connectivity index is 2.28. The maximum absolute atomic E-state index is 2.35. The predicted molar refractivity (Wildman–Crippen MR) is 60.6 cm³/mol. The van der Waals surface area contributed by atoms with E-state index in [1.165, 1.54) is 17.9 Å². The Morgan fingerprint density at radius 1 is 1.45 bits per heavy atom. The van der Waals surface area contributed by atoms with Crippen molar-refractivity contribution in [3.63, 3.8) is 0 Å². The van der Waals surface area contributed by atoms with Crippen molar-refractivity contribution in [2.75, 3.05) is 17.8 Å². The van der Waals surface area contributed by atoms with E-state index in [0.29, 0.717) is 4.08 Å². The number of allylic oxidation sites excluding steroid dienone is 1. The highest BCUT2D eigenvalue weighted by atomic mass is 32.2. The van der Waals surface area contributed by atoms with Crippen LogP contribution in [0.3, 0.4) is 0 Å². The van der Waals surface area contributed by atoms with Gasteiger partial charge < -0.3 is 0 Å². The van der Waals surface area contributed by atoms with Crippen molar-refractivity contribution >= 4 is 35.3 Å². The summed E-state index contributed by atoms with van der Waals surface area (Å²) in [4.78, 5) is 0. The molecule has 0 spiro atoms. The van der Waals surface area contributed by atoms with Crippen LogP contribution < -0.4 is 0 Å². The molecule has 0 aliphatic carbocycles. The molecule has 0 aromatic carbocycles. The third kappa shape index (κ3) is 3.34. The molecule has 0 aromatic heterocycles. The van der Waals surface area contributed by atoms with Crippen molar-refractivity contribution in [1.29, 1.82) is 0 Å². The molecule has 1 aliphatic heterocycles. The molecular formula is C8H14S3.